The lowest BCUT2D eigenvalue weighted by Gasteiger charge is -2.37. The predicted octanol–water partition coefficient (Wildman–Crippen LogP) is 1.47. The van der Waals surface area contributed by atoms with Gasteiger partial charge in [-0.1, -0.05) is 31.5 Å². The van der Waals surface area contributed by atoms with Crippen molar-refractivity contribution in [1.29, 1.82) is 0 Å². The molecular weight excluding hydrogens is 378 g/mol. The van der Waals surface area contributed by atoms with Crippen LogP contribution in [0.25, 0.3) is 0 Å². The van der Waals surface area contributed by atoms with Gasteiger partial charge in [-0.2, -0.15) is 4.31 Å². The summed E-state index contributed by atoms with van der Waals surface area (Å²) in [5.41, 5.74) is 0.988. The molecule has 2 heterocycles. The molecule has 1 aromatic carbocycles. The van der Waals surface area contributed by atoms with E-state index >= 15 is 0 Å². The highest BCUT2D eigenvalue weighted by molar-refractivity contribution is 7.89. The van der Waals surface area contributed by atoms with Crippen molar-refractivity contribution in [1.82, 2.24) is 14.1 Å². The van der Waals surface area contributed by atoms with E-state index in [1.807, 2.05) is 20.8 Å². The largest absolute Gasteiger partial charge is 0.339 e. The summed E-state index contributed by atoms with van der Waals surface area (Å²) in [7, 11) is -3.70. The Hall–Kier alpha value is -1.93. The number of benzene rings is 1. The Morgan fingerprint density at radius 2 is 1.54 bits per heavy atom. The van der Waals surface area contributed by atoms with Gasteiger partial charge >= 0.3 is 0 Å². The number of sulfonamides is 1. The SMILES string of the molecule is Cc1ccc(S(=O)(=O)N2CCC[C@H]2C(=O)N2CCN(C(=O)C(C)C)CC2)cc1. The van der Waals surface area contributed by atoms with Crippen LogP contribution in [0.2, 0.25) is 0 Å². The average molecular weight is 408 g/mol. The van der Waals surface area contributed by atoms with Crippen molar-refractivity contribution < 1.29 is 18.0 Å². The molecule has 2 aliphatic rings. The van der Waals surface area contributed by atoms with Crippen LogP contribution in [0, 0.1) is 12.8 Å². The minimum Gasteiger partial charge on any atom is -0.339 e. The van der Waals surface area contributed by atoms with Gasteiger partial charge < -0.3 is 9.80 Å². The molecule has 0 spiro atoms. The Morgan fingerprint density at radius 1 is 0.964 bits per heavy atom. The van der Waals surface area contributed by atoms with Crippen molar-refractivity contribution in [3.8, 4) is 0 Å². The number of hydrogen-bond acceptors (Lipinski definition) is 4. The molecule has 0 bridgehead atoms. The molecule has 1 aromatic rings. The molecule has 0 radical (unpaired) electrons. The first-order chi connectivity index (χ1) is 13.2. The molecule has 1 atom stereocenters. The van der Waals surface area contributed by atoms with Crippen molar-refractivity contribution in [3.05, 3.63) is 29.8 Å². The summed E-state index contributed by atoms with van der Waals surface area (Å²) in [6.45, 7) is 7.90. The van der Waals surface area contributed by atoms with E-state index in [0.717, 1.165) is 5.56 Å². The van der Waals surface area contributed by atoms with E-state index in [2.05, 4.69) is 0 Å². The smallest absolute Gasteiger partial charge is 0.243 e. The average Bonchev–Trinajstić information content (AvgIpc) is 3.18. The van der Waals surface area contributed by atoms with E-state index in [1.165, 1.54) is 4.31 Å². The Bertz CT molecular complexity index is 828. The maximum Gasteiger partial charge on any atom is 0.243 e. The van der Waals surface area contributed by atoms with Crippen LogP contribution in [0.3, 0.4) is 0 Å². The first kappa shape index (κ1) is 20.8. The zero-order chi connectivity index (χ0) is 20.5. The van der Waals surface area contributed by atoms with Gasteiger partial charge in [0, 0.05) is 38.6 Å². The highest BCUT2D eigenvalue weighted by Crippen LogP contribution is 2.28. The highest BCUT2D eigenvalue weighted by atomic mass is 32.2. The maximum absolute atomic E-state index is 13.1. The molecule has 8 heteroatoms. The molecule has 3 rings (SSSR count). The van der Waals surface area contributed by atoms with E-state index < -0.39 is 16.1 Å². The Labute approximate surface area is 167 Å². The third-order valence-corrected chi connectivity index (χ3v) is 7.44. The number of amides is 2. The topological polar surface area (TPSA) is 78.0 Å². The van der Waals surface area contributed by atoms with Gasteiger partial charge in [-0.25, -0.2) is 8.42 Å². The lowest BCUT2D eigenvalue weighted by atomic mass is 10.1. The van der Waals surface area contributed by atoms with Gasteiger partial charge in [-0.15, -0.1) is 0 Å². The van der Waals surface area contributed by atoms with Gasteiger partial charge in [0.05, 0.1) is 4.90 Å². The molecule has 2 fully saturated rings. The minimum atomic E-state index is -3.70. The molecule has 7 nitrogen and oxygen atoms in total. The maximum atomic E-state index is 13.1. The Morgan fingerprint density at radius 3 is 2.11 bits per heavy atom. The van der Waals surface area contributed by atoms with E-state index in [-0.39, 0.29) is 22.6 Å². The van der Waals surface area contributed by atoms with Crippen LogP contribution in [0.4, 0.5) is 0 Å². The number of carbonyl (C=O) groups excluding carboxylic acids is 2. The number of piperazine rings is 1. The van der Waals surface area contributed by atoms with E-state index in [0.29, 0.717) is 45.6 Å². The summed E-state index contributed by atoms with van der Waals surface area (Å²) < 4.78 is 27.5. The molecule has 0 saturated carbocycles. The van der Waals surface area contributed by atoms with Crippen LogP contribution in [-0.4, -0.2) is 73.1 Å². The molecule has 154 valence electrons. The zero-order valence-electron chi connectivity index (χ0n) is 16.8. The van der Waals surface area contributed by atoms with Crippen LogP contribution in [0.15, 0.2) is 29.2 Å². The lowest BCUT2D eigenvalue weighted by Crippen LogP contribution is -2.55. The second-order valence-electron chi connectivity index (χ2n) is 7.89. The standard InChI is InChI=1S/C20H29N3O4S/c1-15(2)19(24)21-11-13-22(14-12-21)20(25)18-5-4-10-23(18)28(26,27)17-8-6-16(3)7-9-17/h6-9,15,18H,4-5,10-14H2,1-3H3/t18-/m0/s1. The zero-order valence-corrected chi connectivity index (χ0v) is 17.6. The number of rotatable bonds is 4. The van der Waals surface area contributed by atoms with Gasteiger partial charge in [-0.05, 0) is 31.9 Å². The number of aryl methyl sites for hydroxylation is 1. The highest BCUT2D eigenvalue weighted by Gasteiger charge is 2.41. The van der Waals surface area contributed by atoms with Crippen LogP contribution in [-0.2, 0) is 19.6 Å². The normalized spacial score (nSPS) is 21.4. The van der Waals surface area contributed by atoms with Crippen LogP contribution < -0.4 is 0 Å². The summed E-state index contributed by atoms with van der Waals surface area (Å²) in [5.74, 6) is -0.117. The van der Waals surface area contributed by atoms with Gasteiger partial charge in [0.1, 0.15) is 6.04 Å². The molecule has 2 aliphatic heterocycles. The molecule has 0 unspecified atom stereocenters. The number of carbonyl (C=O) groups is 2. The molecule has 28 heavy (non-hydrogen) atoms. The fourth-order valence-corrected chi connectivity index (χ4v) is 5.49. The number of hydrogen-bond donors (Lipinski definition) is 0. The minimum absolute atomic E-state index is 0.0628. The predicted molar refractivity (Wildman–Crippen MR) is 106 cm³/mol. The Kier molecular flexibility index (Phi) is 6.09. The summed E-state index contributed by atoms with van der Waals surface area (Å²) in [4.78, 5) is 28.9. The van der Waals surface area contributed by atoms with Crippen molar-refractivity contribution in [2.75, 3.05) is 32.7 Å². The van der Waals surface area contributed by atoms with E-state index in [4.69, 9.17) is 0 Å². The molecular formula is C20H29N3O4S. The molecule has 2 amide bonds. The molecule has 2 saturated heterocycles. The molecule has 0 N–H and O–H groups in total. The summed E-state index contributed by atoms with van der Waals surface area (Å²) in [6, 6.07) is 6.08. The van der Waals surface area contributed by atoms with Gasteiger partial charge in [0.15, 0.2) is 0 Å². The quantitative estimate of drug-likeness (QED) is 0.757. The second-order valence-corrected chi connectivity index (χ2v) is 9.78. The van der Waals surface area contributed by atoms with Gasteiger partial charge in [-0.3, -0.25) is 9.59 Å². The summed E-state index contributed by atoms with van der Waals surface area (Å²) in [6.07, 6.45) is 1.21. The Balaban J connectivity index is 1.70. The summed E-state index contributed by atoms with van der Waals surface area (Å²) >= 11 is 0. The number of nitrogens with zero attached hydrogens (tertiary/aromatic N) is 3. The van der Waals surface area contributed by atoms with Gasteiger partial charge in [0.2, 0.25) is 21.8 Å². The third-order valence-electron chi connectivity index (χ3n) is 5.51. The first-order valence-electron chi connectivity index (χ1n) is 9.88. The van der Waals surface area contributed by atoms with Crippen LogP contribution in [0.1, 0.15) is 32.3 Å². The monoisotopic (exact) mass is 407 g/mol. The van der Waals surface area contributed by atoms with Crippen molar-refractivity contribution in [2.24, 2.45) is 5.92 Å². The van der Waals surface area contributed by atoms with Crippen molar-refractivity contribution in [2.45, 2.75) is 44.6 Å². The first-order valence-corrected chi connectivity index (χ1v) is 11.3. The van der Waals surface area contributed by atoms with Crippen LogP contribution >= 0.6 is 0 Å². The molecule has 0 aromatic heterocycles. The van der Waals surface area contributed by atoms with E-state index in [1.54, 1.807) is 34.1 Å². The van der Waals surface area contributed by atoms with Crippen molar-refractivity contribution >= 4 is 21.8 Å². The fourth-order valence-electron chi connectivity index (χ4n) is 3.84. The van der Waals surface area contributed by atoms with Crippen molar-refractivity contribution in [3.63, 3.8) is 0 Å². The van der Waals surface area contributed by atoms with E-state index in [9.17, 15) is 18.0 Å². The third kappa shape index (κ3) is 4.07. The van der Waals surface area contributed by atoms with Crippen LogP contribution in [0.5, 0.6) is 0 Å². The lowest BCUT2D eigenvalue weighted by molar-refractivity contribution is -0.143. The summed E-state index contributed by atoms with van der Waals surface area (Å²) in [5, 5.41) is 0. The second kappa shape index (κ2) is 8.21. The molecule has 0 aliphatic carbocycles. The fraction of sp³-hybridized carbons (Fsp3) is 0.600. The van der Waals surface area contributed by atoms with Gasteiger partial charge in [0.25, 0.3) is 0 Å².